The highest BCUT2D eigenvalue weighted by atomic mass is 16.4. The quantitative estimate of drug-likeness (QED) is 0.820. The molecule has 0 aromatic rings. The van der Waals surface area contributed by atoms with Gasteiger partial charge in [-0.1, -0.05) is 6.92 Å². The van der Waals surface area contributed by atoms with Gasteiger partial charge in [-0.05, 0) is 48.9 Å². The molecule has 1 aliphatic heterocycles. The molecule has 3 saturated carbocycles. The first-order chi connectivity index (χ1) is 9.08. The van der Waals surface area contributed by atoms with Crippen molar-refractivity contribution in [2.45, 2.75) is 26.2 Å². The summed E-state index contributed by atoms with van der Waals surface area (Å²) in [6, 6.07) is 0. The summed E-state index contributed by atoms with van der Waals surface area (Å²) in [5, 5.41) is 9.15. The highest BCUT2D eigenvalue weighted by molar-refractivity contribution is 5.84. The highest BCUT2D eigenvalue weighted by Crippen LogP contribution is 2.69. The Bertz CT molecular complexity index is 433. The molecule has 4 nitrogen and oxygen atoms in total. The van der Waals surface area contributed by atoms with Crippen molar-refractivity contribution in [1.29, 1.82) is 0 Å². The zero-order valence-corrected chi connectivity index (χ0v) is 11.3. The number of rotatable bonds is 2. The third kappa shape index (κ3) is 1.52. The van der Waals surface area contributed by atoms with Gasteiger partial charge in [0.15, 0.2) is 0 Å². The van der Waals surface area contributed by atoms with Crippen LogP contribution in [0.3, 0.4) is 0 Å². The van der Waals surface area contributed by atoms with Gasteiger partial charge in [-0.25, -0.2) is 0 Å². The number of fused-ring (bicyclic) bond motifs is 5. The van der Waals surface area contributed by atoms with Crippen molar-refractivity contribution in [2.75, 3.05) is 13.1 Å². The fourth-order valence-electron chi connectivity index (χ4n) is 5.33. The van der Waals surface area contributed by atoms with Crippen LogP contribution in [0.4, 0.5) is 0 Å². The Morgan fingerprint density at radius 3 is 2.26 bits per heavy atom. The van der Waals surface area contributed by atoms with Crippen LogP contribution in [0.25, 0.3) is 0 Å². The lowest BCUT2D eigenvalue weighted by Crippen LogP contribution is -2.32. The van der Waals surface area contributed by atoms with E-state index >= 15 is 0 Å². The summed E-state index contributed by atoms with van der Waals surface area (Å²) in [5.74, 6) is 2.43. The van der Waals surface area contributed by atoms with Gasteiger partial charge in [0.1, 0.15) is 0 Å². The van der Waals surface area contributed by atoms with E-state index in [4.69, 9.17) is 5.11 Å². The molecule has 104 valence electrons. The van der Waals surface area contributed by atoms with Crippen molar-refractivity contribution in [3.63, 3.8) is 0 Å². The summed E-state index contributed by atoms with van der Waals surface area (Å²) < 4.78 is 0. The minimum atomic E-state index is -0.751. The lowest BCUT2D eigenvalue weighted by atomic mass is 9.99. The Hall–Kier alpha value is -1.06. The van der Waals surface area contributed by atoms with Crippen molar-refractivity contribution < 1.29 is 14.7 Å². The number of aliphatic carboxylic acids is 1. The van der Waals surface area contributed by atoms with Crippen molar-refractivity contribution in [3.05, 3.63) is 0 Å². The number of hydrogen-bond donors (Lipinski definition) is 1. The number of amides is 1. The Labute approximate surface area is 113 Å². The van der Waals surface area contributed by atoms with Crippen LogP contribution in [0.1, 0.15) is 26.2 Å². The van der Waals surface area contributed by atoms with E-state index in [1.165, 1.54) is 19.3 Å². The number of nitrogens with zero attached hydrogens (tertiary/aromatic N) is 1. The number of carbonyl (C=O) groups is 2. The predicted molar refractivity (Wildman–Crippen MR) is 68.2 cm³/mol. The molecule has 1 amide bonds. The van der Waals surface area contributed by atoms with E-state index in [1.807, 2.05) is 11.8 Å². The minimum Gasteiger partial charge on any atom is -0.481 e. The number of hydrogen-bond acceptors (Lipinski definition) is 2. The molecule has 3 aliphatic carbocycles. The zero-order valence-electron chi connectivity index (χ0n) is 11.3. The van der Waals surface area contributed by atoms with Crippen LogP contribution in [0.2, 0.25) is 0 Å². The maximum atomic E-state index is 12.6. The Kier molecular flexibility index (Phi) is 2.31. The van der Waals surface area contributed by atoms with E-state index in [-0.39, 0.29) is 23.7 Å². The molecule has 4 unspecified atom stereocenters. The fourth-order valence-corrected chi connectivity index (χ4v) is 5.33. The van der Waals surface area contributed by atoms with Crippen LogP contribution in [-0.4, -0.2) is 35.0 Å². The predicted octanol–water partition coefficient (Wildman–Crippen LogP) is 1.46. The van der Waals surface area contributed by atoms with Gasteiger partial charge >= 0.3 is 5.97 Å². The molecule has 4 rings (SSSR count). The maximum absolute atomic E-state index is 12.6. The molecule has 19 heavy (non-hydrogen) atoms. The maximum Gasteiger partial charge on any atom is 0.308 e. The van der Waals surface area contributed by atoms with Crippen LogP contribution in [0, 0.1) is 41.4 Å². The van der Waals surface area contributed by atoms with Crippen LogP contribution in [-0.2, 0) is 9.59 Å². The third-order valence-corrected chi connectivity index (χ3v) is 6.26. The average molecular weight is 263 g/mol. The Balaban J connectivity index is 1.45. The number of likely N-dealkylation sites (tertiary alicyclic amines) is 1. The van der Waals surface area contributed by atoms with E-state index in [0.29, 0.717) is 24.9 Å². The van der Waals surface area contributed by atoms with Gasteiger partial charge in [-0.15, -0.1) is 0 Å². The summed E-state index contributed by atoms with van der Waals surface area (Å²) in [6.45, 7) is 3.02. The van der Waals surface area contributed by atoms with Crippen LogP contribution in [0.15, 0.2) is 0 Å². The van der Waals surface area contributed by atoms with E-state index in [9.17, 15) is 9.59 Å². The zero-order chi connectivity index (χ0) is 13.3. The van der Waals surface area contributed by atoms with Gasteiger partial charge in [0.05, 0.1) is 5.92 Å². The molecule has 6 atom stereocenters. The number of carbonyl (C=O) groups excluding carboxylic acids is 1. The normalized spacial score (nSPS) is 50.4. The molecular formula is C15H21NO3. The highest BCUT2D eigenvalue weighted by Gasteiger charge is 2.68. The van der Waals surface area contributed by atoms with Gasteiger partial charge in [-0.2, -0.15) is 0 Å². The Morgan fingerprint density at radius 2 is 1.74 bits per heavy atom. The molecule has 1 saturated heterocycles. The second kappa shape index (κ2) is 3.74. The second-order valence-electron chi connectivity index (χ2n) is 7.18. The number of carboxylic acid groups (broad SMARTS) is 1. The van der Waals surface area contributed by atoms with Crippen LogP contribution >= 0.6 is 0 Å². The molecule has 4 aliphatic rings. The molecule has 1 N–H and O–H groups in total. The smallest absolute Gasteiger partial charge is 0.308 e. The minimum absolute atomic E-state index is 0.0942. The van der Waals surface area contributed by atoms with Crippen LogP contribution < -0.4 is 0 Å². The van der Waals surface area contributed by atoms with Gasteiger partial charge < -0.3 is 10.0 Å². The summed E-state index contributed by atoms with van der Waals surface area (Å²) in [6.07, 6.45) is 4.00. The average Bonchev–Trinajstić information content (AvgIpc) is 2.73. The summed E-state index contributed by atoms with van der Waals surface area (Å²) in [7, 11) is 0. The Morgan fingerprint density at radius 1 is 1.11 bits per heavy atom. The molecule has 1 heterocycles. The van der Waals surface area contributed by atoms with E-state index in [1.54, 1.807) is 0 Å². The monoisotopic (exact) mass is 263 g/mol. The van der Waals surface area contributed by atoms with Gasteiger partial charge in [0.25, 0.3) is 0 Å². The molecule has 0 aromatic carbocycles. The molecule has 2 bridgehead atoms. The molecule has 0 radical (unpaired) electrons. The largest absolute Gasteiger partial charge is 0.481 e. The van der Waals surface area contributed by atoms with E-state index in [0.717, 1.165) is 11.8 Å². The van der Waals surface area contributed by atoms with E-state index < -0.39 is 5.97 Å². The standard InChI is InChI=1S/C15H21NO3/c1-7-5-16(6-10(7)15(18)19)14(17)13-11-8-2-3-9(4-8)12(11)13/h7-13H,2-6H2,1H3,(H,18,19)/t7-,8?,9?,10-,11?,12?,13?/m1/s1. The lowest BCUT2D eigenvalue weighted by Gasteiger charge is -2.18. The lowest BCUT2D eigenvalue weighted by molar-refractivity contribution is -0.142. The first-order valence-corrected chi connectivity index (χ1v) is 7.59. The summed E-state index contributed by atoms with van der Waals surface area (Å²) in [5.41, 5.74) is 0. The number of carboxylic acids is 1. The molecular weight excluding hydrogens is 242 g/mol. The first-order valence-electron chi connectivity index (χ1n) is 7.59. The van der Waals surface area contributed by atoms with Crippen molar-refractivity contribution in [2.24, 2.45) is 41.4 Å². The van der Waals surface area contributed by atoms with E-state index in [2.05, 4.69) is 0 Å². The van der Waals surface area contributed by atoms with Crippen LogP contribution in [0.5, 0.6) is 0 Å². The summed E-state index contributed by atoms with van der Waals surface area (Å²) >= 11 is 0. The first kappa shape index (κ1) is 11.7. The van der Waals surface area contributed by atoms with Gasteiger partial charge in [0.2, 0.25) is 5.91 Å². The topological polar surface area (TPSA) is 57.6 Å². The molecule has 4 heteroatoms. The van der Waals surface area contributed by atoms with Gasteiger partial charge in [-0.3, -0.25) is 9.59 Å². The van der Waals surface area contributed by atoms with Crippen molar-refractivity contribution in [3.8, 4) is 0 Å². The summed E-state index contributed by atoms with van der Waals surface area (Å²) in [4.78, 5) is 25.6. The molecule has 4 fully saturated rings. The molecule has 0 spiro atoms. The SMILES string of the molecule is C[C@@H]1CN(C(=O)C2C3C4CCC(C4)C23)C[C@H]1C(=O)O. The van der Waals surface area contributed by atoms with Crippen molar-refractivity contribution >= 4 is 11.9 Å². The van der Waals surface area contributed by atoms with Gasteiger partial charge in [0, 0.05) is 19.0 Å². The van der Waals surface area contributed by atoms with Crippen molar-refractivity contribution in [1.82, 2.24) is 4.90 Å². The fraction of sp³-hybridized carbons (Fsp3) is 0.867. The molecule has 0 aromatic heterocycles. The third-order valence-electron chi connectivity index (χ3n) is 6.26. The second-order valence-corrected chi connectivity index (χ2v) is 7.18.